The molecule has 0 fully saturated rings. The Labute approximate surface area is 118 Å². The minimum atomic E-state index is -4.58. The molecule has 0 spiro atoms. The second-order valence-corrected chi connectivity index (χ2v) is 4.23. The van der Waals surface area contributed by atoms with Gasteiger partial charge in [-0.15, -0.1) is 0 Å². The standard InChI is InChI=1S/C14H10F3N3O/c15-14(16,17)13-5-10(2-1-9(13)6-18)19-7-11-3-4-12(21)8-20-11/h1-5,8,19,21H,7H2. The zero-order chi connectivity index (χ0) is 15.5. The highest BCUT2D eigenvalue weighted by molar-refractivity contribution is 5.53. The molecule has 0 radical (unpaired) electrons. The average molecular weight is 293 g/mol. The first-order valence-electron chi connectivity index (χ1n) is 5.89. The van der Waals surface area contributed by atoms with E-state index >= 15 is 0 Å². The first-order valence-corrected chi connectivity index (χ1v) is 5.89. The Morgan fingerprint density at radius 1 is 1.24 bits per heavy atom. The Balaban J connectivity index is 2.18. The summed E-state index contributed by atoms with van der Waals surface area (Å²) in [5.74, 6) is 0.0106. The molecular formula is C14H10F3N3O. The summed E-state index contributed by atoms with van der Waals surface area (Å²) in [4.78, 5) is 3.91. The van der Waals surface area contributed by atoms with Crippen LogP contribution < -0.4 is 5.32 Å². The first kappa shape index (κ1) is 14.7. The summed E-state index contributed by atoms with van der Waals surface area (Å²) in [5.41, 5.74) is -0.605. The van der Waals surface area contributed by atoms with Crippen molar-refractivity contribution in [3.63, 3.8) is 0 Å². The number of anilines is 1. The second kappa shape index (κ2) is 5.71. The predicted molar refractivity (Wildman–Crippen MR) is 69.4 cm³/mol. The average Bonchev–Trinajstić information content (AvgIpc) is 2.45. The van der Waals surface area contributed by atoms with Crippen molar-refractivity contribution in [2.24, 2.45) is 0 Å². The van der Waals surface area contributed by atoms with Gasteiger partial charge in [-0.2, -0.15) is 18.4 Å². The molecule has 2 aromatic rings. The van der Waals surface area contributed by atoms with E-state index in [0.29, 0.717) is 5.69 Å². The van der Waals surface area contributed by atoms with Crippen molar-refractivity contribution in [1.82, 2.24) is 4.98 Å². The van der Waals surface area contributed by atoms with Gasteiger partial charge in [-0.25, -0.2) is 0 Å². The number of alkyl halides is 3. The lowest BCUT2D eigenvalue weighted by molar-refractivity contribution is -0.137. The quantitative estimate of drug-likeness (QED) is 0.911. The molecule has 0 saturated heterocycles. The molecule has 1 aromatic heterocycles. The van der Waals surface area contributed by atoms with Gasteiger partial charge in [-0.05, 0) is 30.3 Å². The fourth-order valence-corrected chi connectivity index (χ4v) is 1.70. The largest absolute Gasteiger partial charge is 0.506 e. The van der Waals surface area contributed by atoms with E-state index in [1.807, 2.05) is 0 Å². The topological polar surface area (TPSA) is 68.9 Å². The molecule has 0 aliphatic heterocycles. The van der Waals surface area contributed by atoms with E-state index in [4.69, 9.17) is 10.4 Å². The number of nitrogens with zero attached hydrogens (tertiary/aromatic N) is 2. The molecule has 21 heavy (non-hydrogen) atoms. The lowest BCUT2D eigenvalue weighted by Gasteiger charge is -2.12. The van der Waals surface area contributed by atoms with Crippen molar-refractivity contribution in [3.8, 4) is 11.8 Å². The third-order valence-electron chi connectivity index (χ3n) is 2.73. The fraction of sp³-hybridized carbons (Fsp3) is 0.143. The van der Waals surface area contributed by atoms with Gasteiger partial charge in [0.05, 0.1) is 35.6 Å². The predicted octanol–water partition coefficient (Wildman–Crippen LogP) is 3.29. The normalized spacial score (nSPS) is 11.0. The molecule has 0 bridgehead atoms. The first-order chi connectivity index (χ1) is 9.90. The van der Waals surface area contributed by atoms with Crippen LogP contribution in [0.25, 0.3) is 0 Å². The molecule has 7 heteroatoms. The SMILES string of the molecule is N#Cc1ccc(NCc2ccc(O)cn2)cc1C(F)(F)F. The number of hydrogen-bond acceptors (Lipinski definition) is 4. The van der Waals surface area contributed by atoms with Crippen LogP contribution in [0.15, 0.2) is 36.5 Å². The summed E-state index contributed by atoms with van der Waals surface area (Å²) in [7, 11) is 0. The summed E-state index contributed by atoms with van der Waals surface area (Å²) >= 11 is 0. The molecule has 2 N–H and O–H groups in total. The van der Waals surface area contributed by atoms with Crippen LogP contribution in [0.5, 0.6) is 5.75 Å². The van der Waals surface area contributed by atoms with Crippen LogP contribution in [0, 0.1) is 11.3 Å². The lowest BCUT2D eigenvalue weighted by atomic mass is 10.1. The number of rotatable bonds is 3. The minimum Gasteiger partial charge on any atom is -0.506 e. The van der Waals surface area contributed by atoms with Crippen molar-refractivity contribution in [2.45, 2.75) is 12.7 Å². The summed E-state index contributed by atoms with van der Waals surface area (Å²) in [5, 5.41) is 20.6. The van der Waals surface area contributed by atoms with E-state index < -0.39 is 17.3 Å². The van der Waals surface area contributed by atoms with Crippen molar-refractivity contribution in [2.75, 3.05) is 5.32 Å². The highest BCUT2D eigenvalue weighted by Crippen LogP contribution is 2.33. The molecule has 2 rings (SSSR count). The molecule has 1 heterocycles. The molecule has 0 atom stereocenters. The van der Waals surface area contributed by atoms with Gasteiger partial charge in [0, 0.05) is 5.69 Å². The summed E-state index contributed by atoms with van der Waals surface area (Å²) in [6.07, 6.45) is -3.34. The van der Waals surface area contributed by atoms with Gasteiger partial charge in [-0.1, -0.05) is 0 Å². The molecule has 108 valence electrons. The number of nitriles is 1. The van der Waals surface area contributed by atoms with Gasteiger partial charge in [0.25, 0.3) is 0 Å². The summed E-state index contributed by atoms with van der Waals surface area (Å²) < 4.78 is 38.4. The Morgan fingerprint density at radius 2 is 2.00 bits per heavy atom. The van der Waals surface area contributed by atoms with Crippen LogP contribution in [0.2, 0.25) is 0 Å². The third-order valence-corrected chi connectivity index (χ3v) is 2.73. The number of aromatic nitrogens is 1. The molecule has 0 aliphatic carbocycles. The smallest absolute Gasteiger partial charge is 0.417 e. The number of halogens is 3. The van der Waals surface area contributed by atoms with E-state index in [9.17, 15) is 13.2 Å². The number of hydrogen-bond donors (Lipinski definition) is 2. The van der Waals surface area contributed by atoms with Crippen LogP contribution in [-0.2, 0) is 12.7 Å². The highest BCUT2D eigenvalue weighted by Gasteiger charge is 2.33. The Bertz CT molecular complexity index is 675. The lowest BCUT2D eigenvalue weighted by Crippen LogP contribution is -2.09. The number of pyridine rings is 1. The van der Waals surface area contributed by atoms with Crippen LogP contribution in [0.1, 0.15) is 16.8 Å². The Kier molecular flexibility index (Phi) is 3.98. The van der Waals surface area contributed by atoms with Gasteiger partial charge in [0.15, 0.2) is 0 Å². The summed E-state index contributed by atoms with van der Waals surface area (Å²) in [6.45, 7) is 0.198. The maximum absolute atomic E-state index is 12.8. The van der Waals surface area contributed by atoms with Crippen LogP contribution in [0.3, 0.4) is 0 Å². The monoisotopic (exact) mass is 293 g/mol. The Morgan fingerprint density at radius 3 is 2.57 bits per heavy atom. The number of nitrogens with one attached hydrogen (secondary N) is 1. The number of aromatic hydroxyl groups is 1. The molecular weight excluding hydrogens is 283 g/mol. The fourth-order valence-electron chi connectivity index (χ4n) is 1.70. The molecule has 0 aliphatic rings. The van der Waals surface area contributed by atoms with Crippen molar-refractivity contribution in [3.05, 3.63) is 53.3 Å². The van der Waals surface area contributed by atoms with Crippen molar-refractivity contribution < 1.29 is 18.3 Å². The molecule has 4 nitrogen and oxygen atoms in total. The van der Waals surface area contributed by atoms with E-state index in [1.165, 1.54) is 24.4 Å². The van der Waals surface area contributed by atoms with Crippen LogP contribution >= 0.6 is 0 Å². The van der Waals surface area contributed by atoms with Gasteiger partial charge >= 0.3 is 6.18 Å². The highest BCUT2D eigenvalue weighted by atomic mass is 19.4. The molecule has 1 aromatic carbocycles. The van der Waals surface area contributed by atoms with Gasteiger partial charge < -0.3 is 10.4 Å². The number of benzene rings is 1. The zero-order valence-corrected chi connectivity index (χ0v) is 10.6. The van der Waals surface area contributed by atoms with Crippen molar-refractivity contribution >= 4 is 5.69 Å². The molecule has 0 amide bonds. The zero-order valence-electron chi connectivity index (χ0n) is 10.6. The molecule has 0 unspecified atom stereocenters. The third kappa shape index (κ3) is 3.63. The maximum Gasteiger partial charge on any atom is 0.417 e. The van der Waals surface area contributed by atoms with Crippen molar-refractivity contribution in [1.29, 1.82) is 5.26 Å². The van der Waals surface area contributed by atoms with Gasteiger partial charge in [0.2, 0.25) is 0 Å². The maximum atomic E-state index is 12.8. The molecule has 0 saturated carbocycles. The van der Waals surface area contributed by atoms with E-state index in [1.54, 1.807) is 6.07 Å². The van der Waals surface area contributed by atoms with E-state index in [2.05, 4.69) is 10.3 Å². The minimum absolute atomic E-state index is 0.0106. The summed E-state index contributed by atoms with van der Waals surface area (Å²) in [6, 6.07) is 7.91. The van der Waals surface area contributed by atoms with E-state index in [-0.39, 0.29) is 18.0 Å². The van der Waals surface area contributed by atoms with Crippen LogP contribution in [0.4, 0.5) is 18.9 Å². The van der Waals surface area contributed by atoms with Gasteiger partial charge in [-0.3, -0.25) is 4.98 Å². The van der Waals surface area contributed by atoms with Crippen LogP contribution in [-0.4, -0.2) is 10.1 Å². The second-order valence-electron chi connectivity index (χ2n) is 4.23. The Hall–Kier alpha value is -2.75. The van der Waals surface area contributed by atoms with E-state index in [0.717, 1.165) is 12.1 Å². The van der Waals surface area contributed by atoms with Gasteiger partial charge in [0.1, 0.15) is 5.75 Å².